The summed E-state index contributed by atoms with van der Waals surface area (Å²) in [7, 11) is 1.63. The van der Waals surface area contributed by atoms with E-state index in [4.69, 9.17) is 9.26 Å². The van der Waals surface area contributed by atoms with E-state index in [1.807, 2.05) is 35.6 Å². The van der Waals surface area contributed by atoms with Crippen LogP contribution in [0.4, 0.5) is 5.88 Å². The van der Waals surface area contributed by atoms with Crippen molar-refractivity contribution in [2.75, 3.05) is 12.4 Å². The Balaban J connectivity index is 1.68. The van der Waals surface area contributed by atoms with Crippen LogP contribution in [0.5, 0.6) is 5.75 Å². The van der Waals surface area contributed by atoms with Crippen LogP contribution < -0.4 is 10.1 Å². The zero-order chi connectivity index (χ0) is 19.8. The van der Waals surface area contributed by atoms with E-state index in [0.29, 0.717) is 16.7 Å². The highest BCUT2D eigenvalue weighted by molar-refractivity contribution is 8.00. The van der Waals surface area contributed by atoms with Crippen LogP contribution in [0.25, 0.3) is 16.6 Å². The van der Waals surface area contributed by atoms with E-state index in [9.17, 15) is 4.79 Å². The highest BCUT2D eigenvalue weighted by Crippen LogP contribution is 2.30. The van der Waals surface area contributed by atoms with Gasteiger partial charge in [-0.05, 0) is 44.5 Å². The smallest absolute Gasteiger partial charge is 0.240 e. The summed E-state index contributed by atoms with van der Waals surface area (Å²) in [5, 5.41) is 16.3. The zero-order valence-electron chi connectivity index (χ0n) is 15.9. The Hall–Kier alpha value is -3.07. The van der Waals surface area contributed by atoms with Gasteiger partial charge < -0.3 is 9.26 Å². The number of aromatic nitrogens is 4. The monoisotopic (exact) mass is 397 g/mol. The van der Waals surface area contributed by atoms with Gasteiger partial charge in [0.2, 0.25) is 11.8 Å². The number of benzene rings is 1. The Kier molecular flexibility index (Phi) is 4.68. The number of ether oxygens (including phenoxy) is 1. The number of methoxy groups -OCH3 is 1. The van der Waals surface area contributed by atoms with Crippen molar-refractivity contribution < 1.29 is 14.1 Å². The summed E-state index contributed by atoms with van der Waals surface area (Å²) >= 11 is 1.32. The number of carbonyl (C=O) groups excluding carboxylic acids is 1. The van der Waals surface area contributed by atoms with Crippen molar-refractivity contribution in [3.63, 3.8) is 0 Å². The van der Waals surface area contributed by atoms with E-state index in [1.165, 1.54) is 11.8 Å². The fourth-order valence-corrected chi connectivity index (χ4v) is 3.83. The van der Waals surface area contributed by atoms with Crippen LogP contribution in [-0.4, -0.2) is 38.0 Å². The Bertz CT molecular complexity index is 1180. The van der Waals surface area contributed by atoms with Gasteiger partial charge >= 0.3 is 0 Å². The van der Waals surface area contributed by atoms with Gasteiger partial charge in [0.25, 0.3) is 0 Å². The number of nitrogens with one attached hydrogen (secondary N) is 1. The molecule has 9 heteroatoms. The predicted octanol–water partition coefficient (Wildman–Crippen LogP) is 3.62. The quantitative estimate of drug-likeness (QED) is 0.514. The van der Waals surface area contributed by atoms with Crippen LogP contribution in [0.3, 0.4) is 0 Å². The molecule has 3 aromatic heterocycles. The molecule has 1 aromatic carbocycles. The molecule has 1 atom stereocenters. The predicted molar refractivity (Wildman–Crippen MR) is 107 cm³/mol. The molecule has 0 bridgehead atoms. The average molecular weight is 397 g/mol. The zero-order valence-corrected chi connectivity index (χ0v) is 16.7. The van der Waals surface area contributed by atoms with E-state index in [2.05, 4.69) is 20.7 Å². The van der Waals surface area contributed by atoms with Crippen molar-refractivity contribution >= 4 is 40.1 Å². The summed E-state index contributed by atoms with van der Waals surface area (Å²) in [6.07, 6.45) is 0. The molecule has 28 heavy (non-hydrogen) atoms. The van der Waals surface area contributed by atoms with E-state index >= 15 is 0 Å². The molecule has 8 nitrogen and oxygen atoms in total. The van der Waals surface area contributed by atoms with Gasteiger partial charge in [-0.1, -0.05) is 16.9 Å². The standard InChI is InChI=1S/C19H19N5O3S/c1-10-7-16-21-22-19(24(16)15-9-13(26-4)5-6-14(10)15)28-12(3)18(25)20-17-8-11(2)23-27-17/h5-9,12H,1-4H3,(H,20,25). The normalized spacial score (nSPS) is 12.4. The first kappa shape index (κ1) is 18.3. The lowest BCUT2D eigenvalue weighted by atomic mass is 10.1. The lowest BCUT2D eigenvalue weighted by Gasteiger charge is -2.11. The molecule has 0 fully saturated rings. The molecular formula is C19H19N5O3S. The molecule has 4 aromatic rings. The summed E-state index contributed by atoms with van der Waals surface area (Å²) in [4.78, 5) is 12.5. The van der Waals surface area contributed by atoms with Gasteiger partial charge in [0, 0.05) is 17.5 Å². The Morgan fingerprint density at radius 2 is 2.07 bits per heavy atom. The molecule has 0 aliphatic rings. The highest BCUT2D eigenvalue weighted by Gasteiger charge is 2.20. The maximum absolute atomic E-state index is 12.5. The van der Waals surface area contributed by atoms with Gasteiger partial charge in [-0.3, -0.25) is 14.5 Å². The summed E-state index contributed by atoms with van der Waals surface area (Å²) in [6.45, 7) is 5.63. The molecule has 0 spiro atoms. The largest absolute Gasteiger partial charge is 0.497 e. The summed E-state index contributed by atoms with van der Waals surface area (Å²) in [5.74, 6) is 0.870. The molecule has 4 rings (SSSR count). The number of pyridine rings is 1. The first-order valence-corrected chi connectivity index (χ1v) is 9.57. The van der Waals surface area contributed by atoms with E-state index < -0.39 is 5.25 Å². The van der Waals surface area contributed by atoms with Crippen LogP contribution in [0.15, 0.2) is 40.0 Å². The van der Waals surface area contributed by atoms with Crippen LogP contribution in [0, 0.1) is 13.8 Å². The number of thioether (sulfide) groups is 1. The molecule has 0 aliphatic carbocycles. The molecule has 1 N–H and O–H groups in total. The second kappa shape index (κ2) is 7.16. The maximum Gasteiger partial charge on any atom is 0.240 e. The number of nitrogens with zero attached hydrogens (tertiary/aromatic N) is 4. The number of hydrogen-bond donors (Lipinski definition) is 1. The van der Waals surface area contributed by atoms with Crippen molar-refractivity contribution in [3.8, 4) is 5.75 Å². The Morgan fingerprint density at radius 3 is 2.79 bits per heavy atom. The first-order valence-electron chi connectivity index (χ1n) is 8.69. The first-order chi connectivity index (χ1) is 13.5. The molecule has 0 radical (unpaired) electrons. The third-order valence-corrected chi connectivity index (χ3v) is 5.44. The minimum absolute atomic E-state index is 0.202. The molecule has 1 amide bonds. The van der Waals surface area contributed by atoms with Crippen LogP contribution in [0.2, 0.25) is 0 Å². The maximum atomic E-state index is 12.5. The fourth-order valence-electron chi connectivity index (χ4n) is 2.96. The number of amides is 1. The molecular weight excluding hydrogens is 378 g/mol. The number of fused-ring (bicyclic) bond motifs is 3. The lowest BCUT2D eigenvalue weighted by molar-refractivity contribution is -0.115. The van der Waals surface area contributed by atoms with Gasteiger partial charge in [0.1, 0.15) is 5.75 Å². The minimum atomic E-state index is -0.417. The highest BCUT2D eigenvalue weighted by atomic mass is 32.2. The second-order valence-electron chi connectivity index (χ2n) is 6.47. The van der Waals surface area contributed by atoms with Gasteiger partial charge in [-0.15, -0.1) is 10.2 Å². The fraction of sp³-hybridized carbons (Fsp3) is 0.263. The number of anilines is 1. The Morgan fingerprint density at radius 1 is 1.25 bits per heavy atom. The summed E-state index contributed by atoms with van der Waals surface area (Å²) in [6, 6.07) is 9.54. The van der Waals surface area contributed by atoms with Crippen LogP contribution in [0.1, 0.15) is 18.2 Å². The molecule has 0 saturated carbocycles. The number of aryl methyl sites for hydroxylation is 2. The van der Waals surface area contributed by atoms with Crippen molar-refractivity contribution in [2.24, 2.45) is 0 Å². The third kappa shape index (κ3) is 3.29. The van der Waals surface area contributed by atoms with Gasteiger partial charge in [0.15, 0.2) is 10.8 Å². The molecule has 144 valence electrons. The SMILES string of the molecule is COc1ccc2c(C)cc3nnc(SC(C)C(=O)Nc4cc(C)no4)n3c2c1. The molecule has 0 saturated heterocycles. The topological polar surface area (TPSA) is 94.5 Å². The average Bonchev–Trinajstić information content (AvgIpc) is 3.27. The minimum Gasteiger partial charge on any atom is -0.497 e. The van der Waals surface area contributed by atoms with E-state index in [-0.39, 0.29) is 5.91 Å². The lowest BCUT2D eigenvalue weighted by Crippen LogP contribution is -2.22. The van der Waals surface area contributed by atoms with Crippen molar-refractivity contribution in [1.82, 2.24) is 19.8 Å². The number of rotatable bonds is 5. The Labute approximate surface area is 165 Å². The van der Waals surface area contributed by atoms with Crippen molar-refractivity contribution in [1.29, 1.82) is 0 Å². The van der Waals surface area contributed by atoms with Crippen molar-refractivity contribution in [3.05, 3.63) is 41.6 Å². The van der Waals surface area contributed by atoms with E-state index in [1.54, 1.807) is 27.0 Å². The molecule has 0 aliphatic heterocycles. The second-order valence-corrected chi connectivity index (χ2v) is 7.78. The molecule has 3 heterocycles. The van der Waals surface area contributed by atoms with Gasteiger partial charge in [0.05, 0.1) is 23.6 Å². The summed E-state index contributed by atoms with van der Waals surface area (Å²) < 4.78 is 12.4. The van der Waals surface area contributed by atoms with Crippen molar-refractivity contribution in [2.45, 2.75) is 31.2 Å². The van der Waals surface area contributed by atoms with Gasteiger partial charge in [-0.25, -0.2) is 0 Å². The van der Waals surface area contributed by atoms with E-state index in [0.717, 1.165) is 27.9 Å². The van der Waals surface area contributed by atoms with Gasteiger partial charge in [-0.2, -0.15) is 0 Å². The number of hydrogen-bond acceptors (Lipinski definition) is 7. The summed E-state index contributed by atoms with van der Waals surface area (Å²) in [5.41, 5.74) is 3.45. The third-order valence-electron chi connectivity index (χ3n) is 4.40. The van der Waals surface area contributed by atoms with Crippen LogP contribution in [-0.2, 0) is 4.79 Å². The molecule has 1 unspecified atom stereocenters. The van der Waals surface area contributed by atoms with Crippen LogP contribution >= 0.6 is 11.8 Å². The number of carbonyl (C=O) groups is 1.